The highest BCUT2D eigenvalue weighted by Gasteiger charge is 2.18. The van der Waals surface area contributed by atoms with Gasteiger partial charge in [-0.15, -0.1) is 10.2 Å². The number of nitrogens with zero attached hydrogens (tertiary/aromatic N) is 4. The van der Waals surface area contributed by atoms with Crippen molar-refractivity contribution in [2.45, 2.75) is 11.7 Å². The van der Waals surface area contributed by atoms with Crippen molar-refractivity contribution < 1.29 is 9.21 Å². The fourth-order valence-corrected chi connectivity index (χ4v) is 4.22. The van der Waals surface area contributed by atoms with E-state index in [1.54, 1.807) is 30.5 Å². The molecule has 0 aliphatic rings. The van der Waals surface area contributed by atoms with Gasteiger partial charge in [-0.2, -0.15) is 5.10 Å². The van der Waals surface area contributed by atoms with Crippen LogP contribution in [0.5, 0.6) is 0 Å². The molecule has 5 rings (SSSR count). The molecule has 9 nitrogen and oxygen atoms in total. The van der Waals surface area contributed by atoms with Crippen molar-refractivity contribution in [3.8, 4) is 22.8 Å². The number of thioether (sulfide) groups is 1. The second kappa shape index (κ2) is 10.2. The van der Waals surface area contributed by atoms with Crippen molar-refractivity contribution >= 4 is 23.4 Å². The van der Waals surface area contributed by atoms with Gasteiger partial charge in [-0.05, 0) is 35.9 Å². The molecule has 174 valence electrons. The molecule has 0 spiro atoms. The standard InChI is InChI=1S/C25H20N6O3S/c32-22-12-11-20(27-28-22)18-8-4-9-19(14-18)26-23(33)16-35-25-30-29-24(21-10-5-13-34-21)31(25)15-17-6-2-1-3-7-17/h1-14H,15-16H2,(H,26,33)(H,28,32). The summed E-state index contributed by atoms with van der Waals surface area (Å²) in [4.78, 5) is 24.0. The number of aromatic nitrogens is 5. The normalized spacial score (nSPS) is 10.9. The van der Waals surface area contributed by atoms with Crippen LogP contribution in [0.25, 0.3) is 22.8 Å². The Hall–Kier alpha value is -4.44. The molecule has 0 bridgehead atoms. The van der Waals surface area contributed by atoms with E-state index in [1.165, 1.54) is 17.8 Å². The fourth-order valence-electron chi connectivity index (χ4n) is 3.48. The van der Waals surface area contributed by atoms with Crippen molar-refractivity contribution in [1.29, 1.82) is 0 Å². The molecule has 35 heavy (non-hydrogen) atoms. The molecule has 0 radical (unpaired) electrons. The van der Waals surface area contributed by atoms with Crippen LogP contribution in [0, 0.1) is 0 Å². The van der Waals surface area contributed by atoms with Crippen LogP contribution in [0.1, 0.15) is 5.56 Å². The second-order valence-electron chi connectivity index (χ2n) is 7.58. The molecule has 0 aliphatic carbocycles. The first-order valence-electron chi connectivity index (χ1n) is 10.8. The summed E-state index contributed by atoms with van der Waals surface area (Å²) in [5.74, 6) is 1.17. The zero-order chi connectivity index (χ0) is 24.0. The van der Waals surface area contributed by atoms with Gasteiger partial charge >= 0.3 is 0 Å². The maximum Gasteiger partial charge on any atom is 0.264 e. The minimum absolute atomic E-state index is 0.145. The van der Waals surface area contributed by atoms with Gasteiger partial charge in [0.05, 0.1) is 24.3 Å². The average molecular weight is 485 g/mol. The van der Waals surface area contributed by atoms with Crippen molar-refractivity contribution in [2.75, 3.05) is 11.1 Å². The van der Waals surface area contributed by atoms with Gasteiger partial charge in [0.2, 0.25) is 11.7 Å². The molecule has 2 N–H and O–H groups in total. The highest BCUT2D eigenvalue weighted by molar-refractivity contribution is 7.99. The maximum atomic E-state index is 12.7. The lowest BCUT2D eigenvalue weighted by molar-refractivity contribution is -0.113. The van der Waals surface area contributed by atoms with Gasteiger partial charge in [0.15, 0.2) is 10.9 Å². The number of furan rings is 1. The lowest BCUT2D eigenvalue weighted by atomic mass is 10.1. The lowest BCUT2D eigenvalue weighted by Crippen LogP contribution is -2.15. The van der Waals surface area contributed by atoms with Crippen LogP contribution in [0.2, 0.25) is 0 Å². The summed E-state index contributed by atoms with van der Waals surface area (Å²) in [5.41, 5.74) is 2.82. The summed E-state index contributed by atoms with van der Waals surface area (Å²) in [6.45, 7) is 0.544. The molecule has 2 aromatic carbocycles. The summed E-state index contributed by atoms with van der Waals surface area (Å²) < 4.78 is 7.47. The maximum absolute atomic E-state index is 12.7. The Balaban J connectivity index is 1.30. The monoisotopic (exact) mass is 484 g/mol. The third-order valence-corrected chi connectivity index (χ3v) is 6.06. The quantitative estimate of drug-likeness (QED) is 0.319. The summed E-state index contributed by atoms with van der Waals surface area (Å²) in [6.07, 6.45) is 1.59. The van der Waals surface area contributed by atoms with Crippen LogP contribution in [0.4, 0.5) is 5.69 Å². The van der Waals surface area contributed by atoms with E-state index in [0.29, 0.717) is 34.7 Å². The zero-order valence-electron chi connectivity index (χ0n) is 18.4. The van der Waals surface area contributed by atoms with E-state index in [-0.39, 0.29) is 17.2 Å². The molecule has 0 saturated carbocycles. The van der Waals surface area contributed by atoms with E-state index < -0.39 is 0 Å². The zero-order valence-corrected chi connectivity index (χ0v) is 19.2. The molecule has 0 atom stereocenters. The van der Waals surface area contributed by atoms with Crippen molar-refractivity contribution in [3.63, 3.8) is 0 Å². The Labute approximate surface area is 204 Å². The van der Waals surface area contributed by atoms with Crippen LogP contribution in [-0.2, 0) is 11.3 Å². The number of anilines is 1. The number of carbonyl (C=O) groups is 1. The van der Waals surface area contributed by atoms with Gasteiger partial charge in [0.1, 0.15) is 0 Å². The van der Waals surface area contributed by atoms with E-state index in [1.807, 2.05) is 53.1 Å². The number of H-pyrrole nitrogens is 1. The van der Waals surface area contributed by atoms with Crippen molar-refractivity contribution in [2.24, 2.45) is 0 Å². The van der Waals surface area contributed by atoms with E-state index in [0.717, 1.165) is 11.1 Å². The van der Waals surface area contributed by atoms with Gasteiger partial charge in [0, 0.05) is 17.3 Å². The van der Waals surface area contributed by atoms with Gasteiger partial charge in [-0.3, -0.25) is 14.2 Å². The molecule has 0 unspecified atom stereocenters. The van der Waals surface area contributed by atoms with Crippen LogP contribution < -0.4 is 10.9 Å². The van der Waals surface area contributed by atoms with E-state index >= 15 is 0 Å². The van der Waals surface area contributed by atoms with Crippen molar-refractivity contribution in [3.05, 3.63) is 101 Å². The molecular weight excluding hydrogens is 464 g/mol. The van der Waals surface area contributed by atoms with E-state index in [4.69, 9.17) is 4.42 Å². The van der Waals surface area contributed by atoms with Crippen LogP contribution in [0.15, 0.2) is 99.5 Å². The Morgan fingerprint density at radius 2 is 1.89 bits per heavy atom. The summed E-state index contributed by atoms with van der Waals surface area (Å²) in [6, 6.07) is 23.9. The van der Waals surface area contributed by atoms with Gasteiger partial charge in [0.25, 0.3) is 5.56 Å². The molecule has 3 heterocycles. The topological polar surface area (TPSA) is 119 Å². The van der Waals surface area contributed by atoms with E-state index in [9.17, 15) is 9.59 Å². The molecule has 3 aromatic heterocycles. The van der Waals surface area contributed by atoms with Crippen molar-refractivity contribution in [1.82, 2.24) is 25.0 Å². The Morgan fingerprint density at radius 1 is 1.00 bits per heavy atom. The lowest BCUT2D eigenvalue weighted by Gasteiger charge is -2.10. The fraction of sp³-hybridized carbons (Fsp3) is 0.0800. The number of carbonyl (C=O) groups excluding carboxylic acids is 1. The third kappa shape index (κ3) is 5.39. The minimum Gasteiger partial charge on any atom is -0.461 e. The number of nitrogens with one attached hydrogen (secondary N) is 2. The number of aromatic amines is 1. The number of benzene rings is 2. The van der Waals surface area contributed by atoms with Crippen LogP contribution in [-0.4, -0.2) is 36.6 Å². The summed E-state index contributed by atoms with van der Waals surface area (Å²) >= 11 is 1.30. The first kappa shape index (κ1) is 22.4. The Morgan fingerprint density at radius 3 is 2.66 bits per heavy atom. The SMILES string of the molecule is O=C(CSc1nnc(-c2ccco2)n1Cc1ccccc1)Nc1cccc(-c2ccc(=O)[nH]n2)c1. The number of hydrogen-bond acceptors (Lipinski definition) is 7. The molecule has 0 fully saturated rings. The molecule has 1 amide bonds. The van der Waals surface area contributed by atoms with E-state index in [2.05, 4.69) is 25.7 Å². The van der Waals surface area contributed by atoms with Gasteiger partial charge in [-0.1, -0.05) is 54.2 Å². The van der Waals surface area contributed by atoms with Crippen LogP contribution in [0.3, 0.4) is 0 Å². The molecule has 0 saturated heterocycles. The Bertz CT molecular complexity index is 1470. The van der Waals surface area contributed by atoms with Gasteiger partial charge < -0.3 is 9.73 Å². The predicted molar refractivity (Wildman–Crippen MR) is 133 cm³/mol. The second-order valence-corrected chi connectivity index (χ2v) is 8.52. The summed E-state index contributed by atoms with van der Waals surface area (Å²) in [7, 11) is 0. The first-order valence-corrected chi connectivity index (χ1v) is 11.7. The Kier molecular flexibility index (Phi) is 6.53. The smallest absolute Gasteiger partial charge is 0.264 e. The summed E-state index contributed by atoms with van der Waals surface area (Å²) in [5, 5.41) is 18.6. The largest absolute Gasteiger partial charge is 0.461 e. The number of rotatable bonds is 8. The minimum atomic E-state index is -0.273. The molecule has 0 aliphatic heterocycles. The molecule has 5 aromatic rings. The highest BCUT2D eigenvalue weighted by atomic mass is 32.2. The third-order valence-electron chi connectivity index (χ3n) is 5.10. The predicted octanol–water partition coefficient (Wildman–Crippen LogP) is 4.07. The van der Waals surface area contributed by atoms with Crippen LogP contribution >= 0.6 is 11.8 Å². The van der Waals surface area contributed by atoms with Gasteiger partial charge in [-0.25, -0.2) is 5.10 Å². The molecule has 10 heteroatoms. The average Bonchev–Trinajstić information content (AvgIpc) is 3.54. The number of hydrogen-bond donors (Lipinski definition) is 2. The number of amides is 1. The highest BCUT2D eigenvalue weighted by Crippen LogP contribution is 2.26. The molecular formula is C25H20N6O3S. The first-order chi connectivity index (χ1) is 17.2.